The summed E-state index contributed by atoms with van der Waals surface area (Å²) in [5, 5.41) is 0. The van der Waals surface area contributed by atoms with Crippen LogP contribution < -0.4 is 5.73 Å². The monoisotopic (exact) mass is 186 g/mol. The van der Waals surface area contributed by atoms with Crippen molar-refractivity contribution in [3.8, 4) is 0 Å². The van der Waals surface area contributed by atoms with Gasteiger partial charge in [0.25, 0.3) is 0 Å². The standard InChI is InChI=1S/C10H22N2O/c1-4-6-12(10(2)3)7-9-13-8-5-11/h4,10H,1,5-9,11H2,2-3H3. The van der Waals surface area contributed by atoms with Gasteiger partial charge in [-0.15, -0.1) is 6.58 Å². The molecule has 0 aliphatic rings. The minimum Gasteiger partial charge on any atom is -0.379 e. The number of hydrogen-bond acceptors (Lipinski definition) is 3. The zero-order valence-corrected chi connectivity index (χ0v) is 8.83. The lowest BCUT2D eigenvalue weighted by atomic mass is 10.3. The lowest BCUT2D eigenvalue weighted by Gasteiger charge is -2.24. The molecule has 0 aliphatic carbocycles. The van der Waals surface area contributed by atoms with Crippen LogP contribution in [0.2, 0.25) is 0 Å². The van der Waals surface area contributed by atoms with Crippen LogP contribution in [0, 0.1) is 0 Å². The van der Waals surface area contributed by atoms with E-state index in [1.54, 1.807) is 0 Å². The van der Waals surface area contributed by atoms with Gasteiger partial charge in [0.05, 0.1) is 13.2 Å². The number of nitrogens with zero attached hydrogens (tertiary/aromatic N) is 1. The van der Waals surface area contributed by atoms with Gasteiger partial charge in [-0.05, 0) is 13.8 Å². The molecule has 0 aromatic carbocycles. The first-order chi connectivity index (χ1) is 6.22. The topological polar surface area (TPSA) is 38.5 Å². The smallest absolute Gasteiger partial charge is 0.0594 e. The molecule has 13 heavy (non-hydrogen) atoms. The third-order valence-electron chi connectivity index (χ3n) is 1.88. The SMILES string of the molecule is C=CCN(CCOCCN)C(C)C. The Morgan fingerprint density at radius 2 is 2.15 bits per heavy atom. The third kappa shape index (κ3) is 6.75. The molecule has 0 unspecified atom stereocenters. The molecular formula is C10H22N2O. The summed E-state index contributed by atoms with van der Waals surface area (Å²) in [6.45, 7) is 11.9. The van der Waals surface area contributed by atoms with Crippen LogP contribution in [-0.2, 0) is 4.74 Å². The maximum absolute atomic E-state index is 5.31. The molecule has 2 N–H and O–H groups in total. The highest BCUT2D eigenvalue weighted by atomic mass is 16.5. The molecule has 0 saturated heterocycles. The van der Waals surface area contributed by atoms with Gasteiger partial charge in [0.1, 0.15) is 0 Å². The summed E-state index contributed by atoms with van der Waals surface area (Å²) in [7, 11) is 0. The molecule has 0 fully saturated rings. The molecular weight excluding hydrogens is 164 g/mol. The molecule has 0 heterocycles. The second-order valence-electron chi connectivity index (χ2n) is 3.28. The van der Waals surface area contributed by atoms with Gasteiger partial charge in [-0.2, -0.15) is 0 Å². The van der Waals surface area contributed by atoms with E-state index in [2.05, 4.69) is 25.3 Å². The molecule has 0 bridgehead atoms. The van der Waals surface area contributed by atoms with Crippen LogP contribution in [0.3, 0.4) is 0 Å². The summed E-state index contributed by atoms with van der Waals surface area (Å²) in [6.07, 6.45) is 1.92. The van der Waals surface area contributed by atoms with Crippen molar-refractivity contribution in [2.24, 2.45) is 5.73 Å². The van der Waals surface area contributed by atoms with Crippen molar-refractivity contribution in [2.45, 2.75) is 19.9 Å². The quantitative estimate of drug-likeness (QED) is 0.451. The maximum Gasteiger partial charge on any atom is 0.0594 e. The van der Waals surface area contributed by atoms with Crippen molar-refractivity contribution in [3.05, 3.63) is 12.7 Å². The number of rotatable bonds is 8. The lowest BCUT2D eigenvalue weighted by Crippen LogP contribution is -2.34. The minimum atomic E-state index is 0.541. The molecule has 0 saturated carbocycles. The van der Waals surface area contributed by atoms with Crippen LogP contribution >= 0.6 is 0 Å². The summed E-state index contributed by atoms with van der Waals surface area (Å²) in [6, 6.07) is 0.541. The Labute approximate surface area is 81.5 Å². The van der Waals surface area contributed by atoms with E-state index in [0.717, 1.165) is 19.7 Å². The predicted octanol–water partition coefficient (Wildman–Crippen LogP) is 0.858. The average Bonchev–Trinajstić information content (AvgIpc) is 2.10. The zero-order chi connectivity index (χ0) is 10.1. The highest BCUT2D eigenvalue weighted by Gasteiger charge is 2.05. The van der Waals surface area contributed by atoms with Crippen molar-refractivity contribution >= 4 is 0 Å². The fourth-order valence-electron chi connectivity index (χ4n) is 1.09. The summed E-state index contributed by atoms with van der Waals surface area (Å²) >= 11 is 0. The molecule has 0 spiro atoms. The van der Waals surface area contributed by atoms with Crippen LogP contribution in [0.1, 0.15) is 13.8 Å². The van der Waals surface area contributed by atoms with Gasteiger partial charge < -0.3 is 10.5 Å². The summed E-state index contributed by atoms with van der Waals surface area (Å²) in [5.41, 5.74) is 5.31. The average molecular weight is 186 g/mol. The Morgan fingerprint density at radius 1 is 1.46 bits per heavy atom. The minimum absolute atomic E-state index is 0.541. The Balaban J connectivity index is 3.50. The molecule has 0 aromatic rings. The maximum atomic E-state index is 5.31. The van der Waals surface area contributed by atoms with E-state index < -0.39 is 0 Å². The van der Waals surface area contributed by atoms with Crippen LogP contribution in [-0.4, -0.2) is 43.8 Å². The first-order valence-corrected chi connectivity index (χ1v) is 4.85. The highest BCUT2D eigenvalue weighted by molar-refractivity contribution is 4.75. The van der Waals surface area contributed by atoms with Gasteiger partial charge in [-0.3, -0.25) is 4.90 Å². The van der Waals surface area contributed by atoms with Crippen molar-refractivity contribution in [1.29, 1.82) is 0 Å². The van der Waals surface area contributed by atoms with Crippen LogP contribution in [0.15, 0.2) is 12.7 Å². The van der Waals surface area contributed by atoms with Gasteiger partial charge in [-0.1, -0.05) is 6.08 Å². The van der Waals surface area contributed by atoms with E-state index in [-0.39, 0.29) is 0 Å². The molecule has 0 amide bonds. The first-order valence-electron chi connectivity index (χ1n) is 4.85. The molecule has 0 aromatic heterocycles. The Kier molecular flexibility index (Phi) is 7.99. The molecule has 0 aliphatic heterocycles. The zero-order valence-electron chi connectivity index (χ0n) is 8.83. The van der Waals surface area contributed by atoms with Crippen LogP contribution in [0.5, 0.6) is 0 Å². The fraction of sp³-hybridized carbons (Fsp3) is 0.800. The van der Waals surface area contributed by atoms with E-state index in [0.29, 0.717) is 19.2 Å². The fourth-order valence-corrected chi connectivity index (χ4v) is 1.09. The summed E-state index contributed by atoms with van der Waals surface area (Å²) in [4.78, 5) is 2.31. The first kappa shape index (κ1) is 12.6. The second-order valence-corrected chi connectivity index (χ2v) is 3.28. The molecule has 78 valence electrons. The van der Waals surface area contributed by atoms with Crippen molar-refractivity contribution in [3.63, 3.8) is 0 Å². The Bertz CT molecular complexity index is 126. The number of hydrogen-bond donors (Lipinski definition) is 1. The van der Waals surface area contributed by atoms with Crippen LogP contribution in [0.4, 0.5) is 0 Å². The van der Waals surface area contributed by atoms with E-state index in [9.17, 15) is 0 Å². The molecule has 3 heteroatoms. The van der Waals surface area contributed by atoms with Gasteiger partial charge in [0.2, 0.25) is 0 Å². The van der Waals surface area contributed by atoms with Crippen molar-refractivity contribution in [2.75, 3.05) is 32.8 Å². The van der Waals surface area contributed by atoms with E-state index in [4.69, 9.17) is 10.5 Å². The summed E-state index contributed by atoms with van der Waals surface area (Å²) < 4.78 is 5.31. The van der Waals surface area contributed by atoms with E-state index >= 15 is 0 Å². The van der Waals surface area contributed by atoms with Gasteiger partial charge in [-0.25, -0.2) is 0 Å². The Morgan fingerprint density at radius 3 is 2.62 bits per heavy atom. The van der Waals surface area contributed by atoms with Gasteiger partial charge in [0, 0.05) is 25.7 Å². The summed E-state index contributed by atoms with van der Waals surface area (Å²) in [5.74, 6) is 0. The van der Waals surface area contributed by atoms with Crippen LogP contribution in [0.25, 0.3) is 0 Å². The largest absolute Gasteiger partial charge is 0.379 e. The molecule has 0 radical (unpaired) electrons. The molecule has 0 atom stereocenters. The normalized spacial score (nSPS) is 11.2. The van der Waals surface area contributed by atoms with Gasteiger partial charge in [0.15, 0.2) is 0 Å². The molecule has 3 nitrogen and oxygen atoms in total. The van der Waals surface area contributed by atoms with Gasteiger partial charge >= 0.3 is 0 Å². The van der Waals surface area contributed by atoms with Crippen molar-refractivity contribution in [1.82, 2.24) is 4.90 Å². The van der Waals surface area contributed by atoms with E-state index in [1.165, 1.54) is 0 Å². The highest BCUT2D eigenvalue weighted by Crippen LogP contribution is 1.97. The Hall–Kier alpha value is -0.380. The van der Waals surface area contributed by atoms with Crippen molar-refractivity contribution < 1.29 is 4.74 Å². The van der Waals surface area contributed by atoms with E-state index in [1.807, 2.05) is 6.08 Å². The number of nitrogens with two attached hydrogens (primary N) is 1. The second kappa shape index (κ2) is 8.23. The third-order valence-corrected chi connectivity index (χ3v) is 1.88. The number of ether oxygens (including phenoxy) is 1. The molecule has 0 rings (SSSR count). The predicted molar refractivity (Wildman–Crippen MR) is 56.8 cm³/mol. The lowest BCUT2D eigenvalue weighted by molar-refractivity contribution is 0.103.